The van der Waals surface area contributed by atoms with Gasteiger partial charge in [0.1, 0.15) is 0 Å². The van der Waals surface area contributed by atoms with Crippen LogP contribution in [0.15, 0.2) is 0 Å². The molecule has 1 rings (SSSR count). The van der Waals surface area contributed by atoms with E-state index in [9.17, 15) is 8.42 Å². The van der Waals surface area contributed by atoms with Crippen LogP contribution in [0.3, 0.4) is 0 Å². The van der Waals surface area contributed by atoms with Gasteiger partial charge in [-0.1, -0.05) is 6.92 Å². The van der Waals surface area contributed by atoms with Crippen LogP contribution in [0, 0.1) is 11.8 Å². The first-order chi connectivity index (χ1) is 4.99. The minimum atomic E-state index is -3.28. The van der Waals surface area contributed by atoms with Gasteiger partial charge in [-0.15, -0.1) is 12.4 Å². The monoisotopic (exact) mass is 214 g/mol. The number of sulfonamides is 1. The van der Waals surface area contributed by atoms with Crippen LogP contribution >= 0.6 is 12.4 Å². The molecule has 0 aromatic rings. The topological polar surface area (TPSA) is 72.2 Å². The van der Waals surface area contributed by atoms with Crippen LogP contribution in [0.1, 0.15) is 6.92 Å². The third-order valence-electron chi connectivity index (χ3n) is 2.12. The van der Waals surface area contributed by atoms with Crippen LogP contribution in [0.25, 0.3) is 0 Å². The Labute approximate surface area is 79.4 Å². The molecule has 1 aliphatic heterocycles. The van der Waals surface area contributed by atoms with Crippen molar-refractivity contribution in [3.8, 4) is 0 Å². The zero-order valence-electron chi connectivity index (χ0n) is 6.99. The number of hydrogen-bond acceptors (Lipinski definition) is 3. The first-order valence-corrected chi connectivity index (χ1v) is 5.42. The summed E-state index contributed by atoms with van der Waals surface area (Å²) in [6, 6.07) is 0. The molecule has 0 aromatic heterocycles. The first kappa shape index (κ1) is 12.2. The molecule has 12 heavy (non-hydrogen) atoms. The van der Waals surface area contributed by atoms with E-state index in [-0.39, 0.29) is 24.1 Å². The second-order valence-corrected chi connectivity index (χ2v) is 4.88. The fourth-order valence-corrected chi connectivity index (χ4v) is 2.43. The lowest BCUT2D eigenvalue weighted by Gasteiger charge is -2.11. The molecule has 0 aromatic carbocycles. The number of rotatable bonds is 2. The van der Waals surface area contributed by atoms with E-state index in [1.165, 1.54) is 0 Å². The molecule has 0 spiro atoms. The van der Waals surface area contributed by atoms with Gasteiger partial charge in [0.05, 0.1) is 5.75 Å². The molecular weight excluding hydrogens is 200 g/mol. The Bertz CT molecular complexity index is 230. The normalized spacial score (nSPS) is 29.8. The number of nitrogens with one attached hydrogen (secondary N) is 1. The summed E-state index contributed by atoms with van der Waals surface area (Å²) < 4.78 is 21.4. The molecule has 6 heteroatoms. The average Bonchev–Trinajstić information content (AvgIpc) is 2.12. The number of nitrogens with two attached hydrogens (primary N) is 1. The largest absolute Gasteiger partial charge is 0.316 e. The zero-order chi connectivity index (χ0) is 8.48. The van der Waals surface area contributed by atoms with E-state index in [1.54, 1.807) is 0 Å². The molecule has 2 unspecified atom stereocenters. The van der Waals surface area contributed by atoms with Gasteiger partial charge >= 0.3 is 0 Å². The summed E-state index contributed by atoms with van der Waals surface area (Å²) in [5.41, 5.74) is 0. The quantitative estimate of drug-likeness (QED) is 0.654. The Morgan fingerprint density at radius 3 is 2.42 bits per heavy atom. The summed E-state index contributed by atoms with van der Waals surface area (Å²) in [7, 11) is -3.28. The first-order valence-electron chi connectivity index (χ1n) is 3.70. The van der Waals surface area contributed by atoms with E-state index < -0.39 is 10.0 Å². The van der Waals surface area contributed by atoms with Crippen molar-refractivity contribution in [3.63, 3.8) is 0 Å². The summed E-state index contributed by atoms with van der Waals surface area (Å²) >= 11 is 0. The molecule has 0 bridgehead atoms. The van der Waals surface area contributed by atoms with Crippen molar-refractivity contribution in [1.29, 1.82) is 0 Å². The van der Waals surface area contributed by atoms with E-state index in [4.69, 9.17) is 5.14 Å². The van der Waals surface area contributed by atoms with Crippen LogP contribution in [-0.4, -0.2) is 27.3 Å². The van der Waals surface area contributed by atoms with Crippen molar-refractivity contribution in [3.05, 3.63) is 0 Å². The van der Waals surface area contributed by atoms with Gasteiger partial charge in [-0.2, -0.15) is 0 Å². The predicted octanol–water partition coefficient (Wildman–Crippen LogP) is -0.448. The zero-order valence-corrected chi connectivity index (χ0v) is 8.62. The third kappa shape index (κ3) is 3.71. The van der Waals surface area contributed by atoms with Gasteiger partial charge in [0, 0.05) is 0 Å². The summed E-state index contributed by atoms with van der Waals surface area (Å²) in [4.78, 5) is 0. The predicted molar refractivity (Wildman–Crippen MR) is 50.7 cm³/mol. The summed E-state index contributed by atoms with van der Waals surface area (Å²) in [5.74, 6) is 0.736. The molecule has 3 N–H and O–H groups in total. The Balaban J connectivity index is 0.00000121. The van der Waals surface area contributed by atoms with Crippen LogP contribution in [0.5, 0.6) is 0 Å². The Hall–Kier alpha value is 0.160. The van der Waals surface area contributed by atoms with Crippen molar-refractivity contribution < 1.29 is 8.42 Å². The molecule has 74 valence electrons. The highest BCUT2D eigenvalue weighted by atomic mass is 35.5. The van der Waals surface area contributed by atoms with Gasteiger partial charge in [-0.25, -0.2) is 13.6 Å². The maximum atomic E-state index is 10.7. The minimum absolute atomic E-state index is 0. The van der Waals surface area contributed by atoms with Gasteiger partial charge in [-0.3, -0.25) is 0 Å². The van der Waals surface area contributed by atoms with Crippen molar-refractivity contribution in [1.82, 2.24) is 5.32 Å². The maximum absolute atomic E-state index is 10.7. The lowest BCUT2D eigenvalue weighted by Crippen LogP contribution is -2.26. The lowest BCUT2D eigenvalue weighted by molar-refractivity contribution is 0.486. The van der Waals surface area contributed by atoms with Gasteiger partial charge in [-0.05, 0) is 24.9 Å². The van der Waals surface area contributed by atoms with Gasteiger partial charge in [0.15, 0.2) is 0 Å². The van der Waals surface area contributed by atoms with Crippen LogP contribution in [0.2, 0.25) is 0 Å². The molecule has 1 fully saturated rings. The fourth-order valence-electron chi connectivity index (χ4n) is 1.39. The average molecular weight is 215 g/mol. The van der Waals surface area contributed by atoms with Crippen molar-refractivity contribution in [2.45, 2.75) is 6.92 Å². The van der Waals surface area contributed by atoms with E-state index in [0.29, 0.717) is 5.92 Å². The molecular formula is C6H15ClN2O2S. The van der Waals surface area contributed by atoms with Gasteiger partial charge < -0.3 is 5.32 Å². The summed E-state index contributed by atoms with van der Waals surface area (Å²) in [5, 5.41) is 8.05. The molecule has 0 amide bonds. The molecule has 1 heterocycles. The van der Waals surface area contributed by atoms with E-state index in [1.807, 2.05) is 6.92 Å². The smallest absolute Gasteiger partial charge is 0.209 e. The fraction of sp³-hybridized carbons (Fsp3) is 1.00. The Kier molecular flexibility index (Phi) is 4.47. The second kappa shape index (κ2) is 4.41. The van der Waals surface area contributed by atoms with Crippen molar-refractivity contribution in [2.24, 2.45) is 17.0 Å². The third-order valence-corrected chi connectivity index (χ3v) is 3.02. The summed E-state index contributed by atoms with van der Waals surface area (Å²) in [6.07, 6.45) is 0. The maximum Gasteiger partial charge on any atom is 0.209 e. The molecule has 1 aliphatic rings. The number of hydrogen-bond donors (Lipinski definition) is 2. The number of halogens is 1. The van der Waals surface area contributed by atoms with E-state index >= 15 is 0 Å². The highest BCUT2D eigenvalue weighted by molar-refractivity contribution is 7.89. The van der Waals surface area contributed by atoms with Crippen molar-refractivity contribution >= 4 is 22.4 Å². The summed E-state index contributed by atoms with van der Waals surface area (Å²) in [6.45, 7) is 3.72. The molecule has 0 saturated carbocycles. The Morgan fingerprint density at radius 2 is 2.08 bits per heavy atom. The van der Waals surface area contributed by atoms with Crippen molar-refractivity contribution in [2.75, 3.05) is 18.8 Å². The van der Waals surface area contributed by atoms with Crippen LogP contribution in [0.4, 0.5) is 0 Å². The molecule has 2 atom stereocenters. The minimum Gasteiger partial charge on any atom is -0.316 e. The highest BCUT2D eigenvalue weighted by Crippen LogP contribution is 2.16. The molecule has 0 aliphatic carbocycles. The lowest BCUT2D eigenvalue weighted by atomic mass is 10.0. The molecule has 4 nitrogen and oxygen atoms in total. The standard InChI is InChI=1S/C6H14N2O2S.ClH/c1-5-2-8-3-6(5)4-11(7,9)10;/h5-6,8H,2-4H2,1H3,(H2,7,9,10);1H. The second-order valence-electron chi connectivity index (χ2n) is 3.23. The molecule has 1 saturated heterocycles. The van der Waals surface area contributed by atoms with Crippen LogP contribution in [-0.2, 0) is 10.0 Å². The van der Waals surface area contributed by atoms with Gasteiger partial charge in [0.25, 0.3) is 0 Å². The number of primary sulfonamides is 1. The SMILES string of the molecule is CC1CNCC1CS(N)(=O)=O.Cl. The Morgan fingerprint density at radius 1 is 1.50 bits per heavy atom. The molecule has 0 radical (unpaired) electrons. The van der Waals surface area contributed by atoms with Crippen LogP contribution < -0.4 is 10.5 Å². The van der Waals surface area contributed by atoms with E-state index in [2.05, 4.69) is 5.32 Å². The van der Waals surface area contributed by atoms with E-state index in [0.717, 1.165) is 13.1 Å². The van der Waals surface area contributed by atoms with Gasteiger partial charge in [0.2, 0.25) is 10.0 Å². The highest BCUT2D eigenvalue weighted by Gasteiger charge is 2.26.